The Labute approximate surface area is 181 Å². The van der Waals surface area contributed by atoms with Gasteiger partial charge in [-0.1, -0.05) is 12.1 Å². The van der Waals surface area contributed by atoms with Crippen LogP contribution in [0.1, 0.15) is 48.3 Å². The van der Waals surface area contributed by atoms with Gasteiger partial charge in [0.2, 0.25) is 5.91 Å². The Kier molecular flexibility index (Phi) is 4.94. The molecule has 2 aromatic carbocycles. The van der Waals surface area contributed by atoms with Gasteiger partial charge in [0, 0.05) is 30.1 Å². The van der Waals surface area contributed by atoms with Crippen molar-refractivity contribution in [2.75, 3.05) is 13.1 Å². The summed E-state index contributed by atoms with van der Waals surface area (Å²) in [4.78, 5) is 19.0. The van der Waals surface area contributed by atoms with E-state index in [-0.39, 0.29) is 17.1 Å². The van der Waals surface area contributed by atoms with Crippen molar-refractivity contribution < 1.29 is 9.18 Å². The summed E-state index contributed by atoms with van der Waals surface area (Å²) >= 11 is 0. The molecule has 0 N–H and O–H groups in total. The Balaban J connectivity index is 1.20. The molecule has 5 rings (SSSR count). The van der Waals surface area contributed by atoms with Crippen LogP contribution in [0.5, 0.6) is 0 Å². The number of halogens is 1. The van der Waals surface area contributed by atoms with E-state index in [1.54, 1.807) is 24.3 Å². The van der Waals surface area contributed by atoms with E-state index >= 15 is 0 Å². The lowest BCUT2D eigenvalue weighted by atomic mass is 9.64. The zero-order valence-corrected chi connectivity index (χ0v) is 17.4. The minimum Gasteiger partial charge on any atom is -0.341 e. The number of nitrogens with zero attached hydrogens (tertiary/aromatic N) is 3. The highest BCUT2D eigenvalue weighted by molar-refractivity contribution is 5.82. The highest BCUT2D eigenvalue weighted by atomic mass is 19.1. The number of hydrogen-bond acceptors (Lipinski definition) is 3. The number of hydrogen-bond donors (Lipinski definition) is 0. The first-order valence-corrected chi connectivity index (χ1v) is 10.9. The lowest BCUT2D eigenvalue weighted by Gasteiger charge is -2.53. The Morgan fingerprint density at radius 1 is 1.13 bits per heavy atom. The van der Waals surface area contributed by atoms with Crippen molar-refractivity contribution in [3.8, 4) is 6.07 Å². The number of carbonyl (C=O) groups is 1. The molecule has 1 aromatic heterocycles. The van der Waals surface area contributed by atoms with E-state index in [1.165, 1.54) is 11.6 Å². The van der Waals surface area contributed by atoms with Crippen molar-refractivity contribution in [1.29, 1.82) is 5.26 Å². The van der Waals surface area contributed by atoms with Crippen LogP contribution in [0.2, 0.25) is 0 Å². The molecule has 1 aliphatic carbocycles. The van der Waals surface area contributed by atoms with Crippen LogP contribution in [0.3, 0.4) is 0 Å². The van der Waals surface area contributed by atoms with E-state index in [4.69, 9.17) is 5.26 Å². The zero-order valence-electron chi connectivity index (χ0n) is 17.4. The molecule has 1 saturated heterocycles. The summed E-state index contributed by atoms with van der Waals surface area (Å²) in [5.41, 5.74) is 3.85. The number of likely N-dealkylation sites (tertiary alicyclic amines) is 1. The third kappa shape index (κ3) is 3.79. The minimum atomic E-state index is -0.218. The summed E-state index contributed by atoms with van der Waals surface area (Å²) in [7, 11) is 0. The molecule has 2 aliphatic rings. The smallest absolute Gasteiger partial charge is 0.227 e. The number of amides is 1. The summed E-state index contributed by atoms with van der Waals surface area (Å²) in [5.74, 6) is 0.360. The molecule has 0 radical (unpaired) electrons. The van der Waals surface area contributed by atoms with Crippen molar-refractivity contribution in [3.05, 3.63) is 77.2 Å². The van der Waals surface area contributed by atoms with Crippen LogP contribution < -0.4 is 0 Å². The maximum absolute atomic E-state index is 13.8. The predicted octanol–water partition coefficient (Wildman–Crippen LogP) is 4.97. The maximum Gasteiger partial charge on any atom is 0.227 e. The predicted molar refractivity (Wildman–Crippen MR) is 117 cm³/mol. The van der Waals surface area contributed by atoms with Gasteiger partial charge in [-0.15, -0.1) is 0 Å². The van der Waals surface area contributed by atoms with Crippen LogP contribution in [-0.2, 0) is 11.2 Å². The maximum atomic E-state index is 13.8. The third-order valence-electron chi connectivity index (χ3n) is 7.07. The lowest BCUT2D eigenvalue weighted by molar-refractivity contribution is -0.145. The molecule has 0 bridgehead atoms. The van der Waals surface area contributed by atoms with Crippen molar-refractivity contribution in [2.45, 2.75) is 38.0 Å². The summed E-state index contributed by atoms with van der Waals surface area (Å²) in [6.07, 6.45) is 6.53. The highest BCUT2D eigenvalue weighted by Crippen LogP contribution is 2.49. The largest absolute Gasteiger partial charge is 0.341 e. The van der Waals surface area contributed by atoms with Gasteiger partial charge in [0.25, 0.3) is 0 Å². The standard InChI is InChI=1S/C26H24FN3O/c27-21-5-6-24-23(14-21)22(9-12-29-24)20-7-10-26(11-8-20)16-30(17-26)25(31)13-18-1-3-19(15-28)4-2-18/h1-6,9,12,14,20H,7-8,10-11,13,16-17H2. The molecule has 0 atom stereocenters. The second kappa shape index (κ2) is 7.77. The summed E-state index contributed by atoms with van der Waals surface area (Å²) < 4.78 is 13.8. The SMILES string of the molecule is N#Cc1ccc(CC(=O)N2CC3(CCC(c4ccnc5ccc(F)cc45)CC3)C2)cc1. The molecule has 0 unspecified atom stereocenters. The molecule has 1 spiro atoms. The highest BCUT2D eigenvalue weighted by Gasteiger charge is 2.46. The monoisotopic (exact) mass is 413 g/mol. The Bertz CT molecular complexity index is 1170. The normalized spacial score (nSPS) is 18.0. The van der Waals surface area contributed by atoms with E-state index in [9.17, 15) is 9.18 Å². The van der Waals surface area contributed by atoms with Gasteiger partial charge in [-0.3, -0.25) is 9.78 Å². The third-order valence-corrected chi connectivity index (χ3v) is 7.07. The zero-order chi connectivity index (χ0) is 21.4. The molecular formula is C26H24FN3O. The van der Waals surface area contributed by atoms with Gasteiger partial charge in [-0.2, -0.15) is 5.26 Å². The molecule has 2 heterocycles. The summed E-state index contributed by atoms with van der Waals surface area (Å²) in [6, 6.07) is 16.2. The lowest BCUT2D eigenvalue weighted by Crippen LogP contribution is -2.59. The average Bonchev–Trinajstić information content (AvgIpc) is 2.77. The quantitative estimate of drug-likeness (QED) is 0.609. The number of benzene rings is 2. The van der Waals surface area contributed by atoms with Gasteiger partial charge >= 0.3 is 0 Å². The van der Waals surface area contributed by atoms with Crippen LogP contribution in [0.15, 0.2) is 54.7 Å². The number of rotatable bonds is 3. The fourth-order valence-electron chi connectivity index (χ4n) is 5.28. The van der Waals surface area contributed by atoms with Crippen molar-refractivity contribution in [3.63, 3.8) is 0 Å². The molecule has 4 nitrogen and oxygen atoms in total. The van der Waals surface area contributed by atoms with Crippen molar-refractivity contribution in [2.24, 2.45) is 5.41 Å². The first-order valence-electron chi connectivity index (χ1n) is 10.9. The molecule has 3 aromatic rings. The number of carbonyl (C=O) groups excluding carboxylic acids is 1. The van der Waals surface area contributed by atoms with Gasteiger partial charge in [-0.05, 0) is 79.1 Å². The van der Waals surface area contributed by atoms with Gasteiger partial charge in [0.05, 0.1) is 23.6 Å². The Hall–Kier alpha value is -3.26. The molecule has 1 aliphatic heterocycles. The van der Waals surface area contributed by atoms with Crippen LogP contribution in [0, 0.1) is 22.6 Å². The van der Waals surface area contributed by atoms with E-state index in [0.717, 1.165) is 55.2 Å². The number of aromatic nitrogens is 1. The van der Waals surface area contributed by atoms with Crippen LogP contribution in [0.4, 0.5) is 4.39 Å². The Morgan fingerprint density at radius 2 is 1.87 bits per heavy atom. The first-order chi connectivity index (χ1) is 15.0. The van der Waals surface area contributed by atoms with Gasteiger partial charge < -0.3 is 4.90 Å². The van der Waals surface area contributed by atoms with Gasteiger partial charge in [-0.25, -0.2) is 4.39 Å². The van der Waals surface area contributed by atoms with E-state index in [1.807, 2.05) is 29.3 Å². The van der Waals surface area contributed by atoms with Crippen LogP contribution >= 0.6 is 0 Å². The molecular weight excluding hydrogens is 389 g/mol. The second-order valence-corrected chi connectivity index (χ2v) is 9.07. The van der Waals surface area contributed by atoms with Gasteiger partial charge in [0.15, 0.2) is 0 Å². The van der Waals surface area contributed by atoms with Crippen molar-refractivity contribution >= 4 is 16.8 Å². The number of pyridine rings is 1. The Morgan fingerprint density at radius 3 is 2.58 bits per heavy atom. The van der Waals surface area contributed by atoms with Crippen molar-refractivity contribution in [1.82, 2.24) is 9.88 Å². The van der Waals surface area contributed by atoms with E-state index in [2.05, 4.69) is 11.1 Å². The average molecular weight is 413 g/mol. The molecule has 2 fully saturated rings. The molecule has 156 valence electrons. The van der Waals surface area contributed by atoms with E-state index < -0.39 is 0 Å². The second-order valence-electron chi connectivity index (χ2n) is 9.07. The molecule has 1 saturated carbocycles. The minimum absolute atomic E-state index is 0.160. The van der Waals surface area contributed by atoms with E-state index in [0.29, 0.717) is 17.9 Å². The molecule has 31 heavy (non-hydrogen) atoms. The fourth-order valence-corrected chi connectivity index (χ4v) is 5.28. The summed E-state index contributed by atoms with van der Waals surface area (Å²) in [6.45, 7) is 1.67. The van der Waals surface area contributed by atoms with Crippen LogP contribution in [-0.4, -0.2) is 28.9 Å². The first kappa shape index (κ1) is 19.7. The number of fused-ring (bicyclic) bond motifs is 1. The fraction of sp³-hybridized carbons (Fsp3) is 0.346. The topological polar surface area (TPSA) is 57.0 Å². The summed E-state index contributed by atoms with van der Waals surface area (Å²) in [5, 5.41) is 9.82. The molecule has 1 amide bonds. The molecule has 5 heteroatoms. The van der Waals surface area contributed by atoms with Crippen LogP contribution in [0.25, 0.3) is 10.9 Å². The van der Waals surface area contributed by atoms with Gasteiger partial charge in [0.1, 0.15) is 5.82 Å². The number of nitriles is 1.